The molecule has 0 aromatic heterocycles. The number of ether oxygens (including phenoxy) is 6. The Morgan fingerprint density at radius 3 is 0.639 bits per heavy atom. The molecule has 0 spiro atoms. The smallest absolute Gasteiger partial charge is 0.245 e. The number of rotatable bonds is 10. The SMILES string of the molecule is C=CCCc1cc(C(C)(C)C)cc2c1OC(C)(C)Oc1c(CCC=C)cc(C(C)(C)C)cc1CS(=C)C1CCCCCCC1S(=C)C2.C=CCc1cc(C(C)(C)C)cc2c1OC(C)(C)Oc1c(CC=C)cc(C(C)(C)C)cc1CS(=C)C1CCCCCCC1S(=C)C2.C=S1Cc2cc(C(C)(C)C)cc(C)c2OC(C)(C)Oc2c(C)cc(C(C)(C)C)cc2CS(=C)C2CCCCCCC21. The molecule has 6 aromatic carbocycles. The van der Waals surface area contributed by atoms with Crippen molar-refractivity contribution in [2.75, 3.05) is 0 Å². The number of hydrogen-bond acceptors (Lipinski definition) is 6. The third kappa shape index (κ3) is 29.5. The van der Waals surface area contributed by atoms with Gasteiger partial charge in [-0.25, -0.2) is 0 Å². The molecule has 133 heavy (non-hydrogen) atoms. The molecule has 6 nitrogen and oxygen atoms in total. The minimum atomic E-state index is -0.906. The van der Waals surface area contributed by atoms with E-state index in [-0.39, 0.29) is 95.4 Å². The lowest BCUT2D eigenvalue weighted by atomic mass is 9.84. The molecule has 736 valence electrons. The highest BCUT2D eigenvalue weighted by Gasteiger charge is 2.40. The predicted molar refractivity (Wildman–Crippen MR) is 607 cm³/mol. The average Bonchev–Trinajstić information content (AvgIpc) is 1.75. The van der Waals surface area contributed by atoms with Gasteiger partial charge < -0.3 is 28.4 Å². The predicted octanol–water partition coefficient (Wildman–Crippen LogP) is 34.3. The fraction of sp³-hybridized carbons (Fsp3) is 0.587. The molecule has 6 aliphatic rings. The second kappa shape index (κ2) is 45.8. The fourth-order valence-electron chi connectivity index (χ4n) is 20.2. The van der Waals surface area contributed by atoms with E-state index in [2.05, 4.69) is 279 Å². The Kier molecular flexibility index (Phi) is 37.6. The Morgan fingerprint density at radius 2 is 0.444 bits per heavy atom. The van der Waals surface area contributed by atoms with E-state index in [9.17, 15) is 0 Å². The van der Waals surface area contributed by atoms with Gasteiger partial charge in [-0.3, -0.25) is 0 Å². The molecule has 12 heteroatoms. The molecule has 0 radical (unpaired) electrons. The van der Waals surface area contributed by atoms with Gasteiger partial charge in [0.1, 0.15) is 34.5 Å². The van der Waals surface area contributed by atoms with Crippen LogP contribution < -0.4 is 28.4 Å². The highest BCUT2D eigenvalue weighted by Crippen LogP contribution is 2.54. The van der Waals surface area contributed by atoms with Gasteiger partial charge in [-0.05, 0) is 190 Å². The second-order valence-electron chi connectivity index (χ2n) is 47.3. The minimum absolute atomic E-state index is 0.0177. The van der Waals surface area contributed by atoms with Crippen LogP contribution in [0.15, 0.2) is 123 Å². The Hall–Kier alpha value is -5.60. The summed E-state index contributed by atoms with van der Waals surface area (Å²) in [6.07, 6.45) is 36.4. The molecule has 3 fully saturated rings. The van der Waals surface area contributed by atoms with Crippen LogP contribution in [0, 0.1) is 13.8 Å². The molecule has 6 aromatic rings. The van der Waals surface area contributed by atoms with Gasteiger partial charge in [0.05, 0.1) is 0 Å². The highest BCUT2D eigenvalue weighted by atomic mass is 32.2. The van der Waals surface area contributed by atoms with Crippen LogP contribution in [0.2, 0.25) is 0 Å². The van der Waals surface area contributed by atoms with Crippen LogP contribution in [0.3, 0.4) is 0 Å². The first-order chi connectivity index (χ1) is 62.0. The highest BCUT2D eigenvalue weighted by molar-refractivity contribution is 8.18. The summed E-state index contributed by atoms with van der Waals surface area (Å²) >= 11 is 0. The minimum Gasteiger partial charge on any atom is -0.452 e. The molecular weight excluding hydrogens is 1740 g/mol. The number of aryl methyl sites for hydroxylation is 4. The van der Waals surface area contributed by atoms with Crippen molar-refractivity contribution in [3.8, 4) is 34.5 Å². The standard InChI is InChI=1S/C43H64O2S2.C41H60O2S2.C37H56O2S2/c1-13-15-21-31-25-35(41(3,4)5)27-33-29-46(11)37-23-19-17-18-20-24-38(37)47(12)30-34-28-36(42(6,7)8)26-32(22-16-14-2)40(34)45-43(9,10)44-39(31)33;1-13-19-29-23-33(39(3,4)5)25-31-27-44(11)35-21-17-15-16-18-22-36(35)45(12)28-32-26-34(40(6,7)8)24-30(20-14-2)38(32)43-41(9,10)42-37(29)31;1-25-19-29(35(3,4)5)21-27-23-40(11)31-17-15-13-14-16-18-32(31)41(12)24-28-22-30(36(6,7)8)20-26(2)34(28)39-37(9,10)38-33(25)27/h13-14,25-28,37-38H,1-2,11-12,15-24,29-30H2,3-10H3;13-14,23-26,35-36H,1-2,11-12,15-22,27-28H2,3-10H3;19-22,31-32H,11-18,23-24H2,1-10H3. The molecule has 3 heterocycles. The first kappa shape index (κ1) is 109. The van der Waals surface area contributed by atoms with Crippen LogP contribution in [0.4, 0.5) is 0 Å². The third-order valence-corrected chi connectivity index (χ3v) is 41.1. The summed E-state index contributed by atoms with van der Waals surface area (Å²) in [5, 5.41) is 3.40. The maximum absolute atomic E-state index is 7.15. The summed E-state index contributed by atoms with van der Waals surface area (Å²) in [7, 11) is -0.334. The molecule has 0 saturated heterocycles. The average molecular weight is 1920 g/mol. The molecule has 12 unspecified atom stereocenters. The first-order valence-electron chi connectivity index (χ1n) is 50.5. The van der Waals surface area contributed by atoms with Gasteiger partial charge in [0.15, 0.2) is 0 Å². The monoisotopic (exact) mass is 1920 g/mol. The van der Waals surface area contributed by atoms with Crippen LogP contribution in [-0.4, -0.2) is 84.1 Å². The van der Waals surface area contributed by atoms with E-state index >= 15 is 0 Å². The fourth-order valence-corrected chi connectivity index (χ4v) is 34.4. The zero-order chi connectivity index (χ0) is 98.1. The largest absolute Gasteiger partial charge is 0.452 e. The van der Waals surface area contributed by atoms with Gasteiger partial charge in [0.2, 0.25) is 17.4 Å². The number of allylic oxidation sites excluding steroid dienone is 4. The summed E-state index contributed by atoms with van der Waals surface area (Å²) in [4.78, 5) is 0. The lowest BCUT2D eigenvalue weighted by molar-refractivity contribution is -0.0834. The van der Waals surface area contributed by atoms with E-state index in [4.69, 9.17) is 63.6 Å². The van der Waals surface area contributed by atoms with E-state index in [1.807, 2.05) is 24.3 Å². The summed E-state index contributed by atoms with van der Waals surface area (Å²) in [6, 6.07) is 28.5. The van der Waals surface area contributed by atoms with Crippen molar-refractivity contribution in [3.63, 3.8) is 0 Å². The maximum atomic E-state index is 7.15. The second-order valence-corrected chi connectivity index (χ2v) is 59.1. The van der Waals surface area contributed by atoms with Crippen molar-refractivity contribution in [2.45, 2.75) is 450 Å². The Morgan fingerprint density at radius 1 is 0.263 bits per heavy atom. The molecule has 3 aliphatic heterocycles. The quantitative estimate of drug-likeness (QED) is 0.101. The molecule has 0 N–H and O–H groups in total. The topological polar surface area (TPSA) is 55.4 Å². The molecule has 0 bridgehead atoms. The number of benzene rings is 6. The van der Waals surface area contributed by atoms with Crippen molar-refractivity contribution < 1.29 is 28.4 Å². The van der Waals surface area contributed by atoms with Crippen LogP contribution in [0.5, 0.6) is 34.5 Å². The van der Waals surface area contributed by atoms with Crippen molar-refractivity contribution in [1.29, 1.82) is 0 Å². The molecule has 0 amide bonds. The van der Waals surface area contributed by atoms with E-state index < -0.39 is 17.4 Å². The number of fused-ring (bicyclic) bond motifs is 9. The Bertz CT molecular complexity index is 4910. The van der Waals surface area contributed by atoms with Crippen molar-refractivity contribution >= 4 is 98.1 Å². The molecule has 3 saturated carbocycles. The zero-order valence-corrected chi connectivity index (χ0v) is 93.3. The lowest BCUT2D eigenvalue weighted by Gasteiger charge is -2.34. The van der Waals surface area contributed by atoms with Crippen molar-refractivity contribution in [3.05, 3.63) is 224 Å². The lowest BCUT2D eigenvalue weighted by Crippen LogP contribution is -2.37. The number of hydrogen-bond donors (Lipinski definition) is 0. The van der Waals surface area contributed by atoms with E-state index in [0.29, 0.717) is 31.5 Å². The van der Waals surface area contributed by atoms with Gasteiger partial charge in [0, 0.05) is 141 Å². The third-order valence-electron chi connectivity index (χ3n) is 28.0. The van der Waals surface area contributed by atoms with E-state index in [1.165, 1.54) is 216 Å². The van der Waals surface area contributed by atoms with Crippen molar-refractivity contribution in [2.24, 2.45) is 0 Å². The molecular formula is C121H180O6S6. The van der Waals surface area contributed by atoms with Gasteiger partial charge in [0.25, 0.3) is 0 Å². The molecule has 12 rings (SSSR count). The first-order valence-corrected chi connectivity index (χ1v) is 60.3. The molecule has 3 aliphatic carbocycles. The summed E-state index contributed by atoms with van der Waals surface area (Å²) in [6.45, 7) is 74.7. The Labute approximate surface area is 827 Å². The maximum Gasteiger partial charge on any atom is 0.245 e. The molecule has 12 atom stereocenters. The summed E-state index contributed by atoms with van der Waals surface area (Å²) < 4.78 is 42.2. The van der Waals surface area contributed by atoms with Gasteiger partial charge in [-0.2, -0.15) is 62.9 Å². The van der Waals surface area contributed by atoms with Crippen LogP contribution >= 0.6 is 62.9 Å². The van der Waals surface area contributed by atoms with Gasteiger partial charge >= 0.3 is 0 Å². The van der Waals surface area contributed by atoms with Crippen molar-refractivity contribution in [1.82, 2.24) is 0 Å². The van der Waals surface area contributed by atoms with Gasteiger partial charge in [-0.15, -0.1) is 26.3 Å². The van der Waals surface area contributed by atoms with Crippen LogP contribution in [0.1, 0.15) is 395 Å². The zero-order valence-electron chi connectivity index (χ0n) is 88.4. The van der Waals surface area contributed by atoms with Crippen LogP contribution in [-0.2, 0) is 92.7 Å². The summed E-state index contributed by atoms with van der Waals surface area (Å²) in [5.74, 6) is 38.5. The summed E-state index contributed by atoms with van der Waals surface area (Å²) in [5.41, 5.74) is 23.2. The normalized spacial score (nSPS) is 24.6. The Balaban J connectivity index is 0.000000207. The van der Waals surface area contributed by atoms with Crippen LogP contribution in [0.25, 0.3) is 0 Å². The van der Waals surface area contributed by atoms with Gasteiger partial charge in [-0.1, -0.05) is 334 Å². The van der Waals surface area contributed by atoms with E-state index in [0.717, 1.165) is 108 Å². The van der Waals surface area contributed by atoms with E-state index in [1.54, 1.807) is 0 Å².